The van der Waals surface area contributed by atoms with E-state index >= 15 is 0 Å². The zero-order chi connectivity index (χ0) is 21.4. The lowest BCUT2D eigenvalue weighted by atomic mass is 10.1. The number of aromatic nitrogens is 4. The Morgan fingerprint density at radius 3 is 2.70 bits per heavy atom. The number of carbonyl (C=O) groups is 1. The lowest BCUT2D eigenvalue weighted by molar-refractivity contribution is 0.0993. The molecule has 0 amide bonds. The summed E-state index contributed by atoms with van der Waals surface area (Å²) in [5.41, 5.74) is 0.460. The third-order valence-corrected chi connectivity index (χ3v) is 5.69. The SMILES string of the molecule is C=CCn1c(=O)c2ccccc2n2c(SC(C)C(=O)c3ccc(F)c(F)c3)nnc12. The van der Waals surface area contributed by atoms with Crippen molar-refractivity contribution in [2.24, 2.45) is 0 Å². The van der Waals surface area contributed by atoms with Crippen LogP contribution < -0.4 is 5.56 Å². The van der Waals surface area contributed by atoms with E-state index in [1.807, 2.05) is 0 Å². The molecule has 0 aliphatic heterocycles. The van der Waals surface area contributed by atoms with E-state index in [0.29, 0.717) is 21.8 Å². The maximum atomic E-state index is 13.5. The Morgan fingerprint density at radius 2 is 1.97 bits per heavy atom. The van der Waals surface area contributed by atoms with Gasteiger partial charge in [0.25, 0.3) is 5.56 Å². The van der Waals surface area contributed by atoms with Gasteiger partial charge < -0.3 is 0 Å². The predicted octanol–water partition coefficient (Wildman–Crippen LogP) is 3.87. The molecule has 0 fully saturated rings. The second kappa shape index (κ2) is 7.83. The van der Waals surface area contributed by atoms with E-state index in [1.165, 1.54) is 10.6 Å². The Kier molecular flexibility index (Phi) is 5.21. The van der Waals surface area contributed by atoms with Gasteiger partial charge in [0, 0.05) is 12.1 Å². The first-order chi connectivity index (χ1) is 14.4. The molecule has 0 spiro atoms. The number of ketones is 1. The van der Waals surface area contributed by atoms with E-state index in [1.54, 1.807) is 41.7 Å². The zero-order valence-electron chi connectivity index (χ0n) is 15.9. The smallest absolute Gasteiger partial charge is 0.263 e. The molecule has 0 bridgehead atoms. The first kappa shape index (κ1) is 20.0. The van der Waals surface area contributed by atoms with Gasteiger partial charge in [0.15, 0.2) is 22.6 Å². The van der Waals surface area contributed by atoms with Crippen LogP contribution >= 0.6 is 11.8 Å². The first-order valence-corrected chi connectivity index (χ1v) is 9.94. The third-order valence-electron chi connectivity index (χ3n) is 4.65. The molecule has 0 radical (unpaired) electrons. The standard InChI is InChI=1S/C21H16F2N4O2S/c1-3-10-26-19(29)14-6-4-5-7-17(14)27-20(26)24-25-21(27)30-12(2)18(28)13-8-9-15(22)16(23)11-13/h3-9,11-12H,1,10H2,2H3. The second-order valence-electron chi connectivity index (χ2n) is 6.59. The summed E-state index contributed by atoms with van der Waals surface area (Å²) in [4.78, 5) is 25.5. The molecule has 30 heavy (non-hydrogen) atoms. The summed E-state index contributed by atoms with van der Waals surface area (Å²) < 4.78 is 29.9. The van der Waals surface area contributed by atoms with E-state index in [4.69, 9.17) is 0 Å². The van der Waals surface area contributed by atoms with Crippen LogP contribution in [-0.2, 0) is 6.54 Å². The van der Waals surface area contributed by atoms with Gasteiger partial charge in [0.05, 0.1) is 16.2 Å². The largest absolute Gasteiger partial charge is 0.293 e. The van der Waals surface area contributed by atoms with Crippen LogP contribution in [0.5, 0.6) is 0 Å². The molecule has 9 heteroatoms. The topological polar surface area (TPSA) is 69.3 Å². The molecule has 2 heterocycles. The molecular weight excluding hydrogens is 410 g/mol. The van der Waals surface area contributed by atoms with Crippen LogP contribution in [-0.4, -0.2) is 30.2 Å². The number of benzene rings is 2. The summed E-state index contributed by atoms with van der Waals surface area (Å²) in [6.45, 7) is 5.58. The van der Waals surface area contributed by atoms with Crippen molar-refractivity contribution in [3.8, 4) is 0 Å². The molecule has 0 aliphatic rings. The Balaban J connectivity index is 1.80. The number of nitrogens with zero attached hydrogens (tertiary/aromatic N) is 4. The maximum Gasteiger partial charge on any atom is 0.263 e. The normalized spacial score (nSPS) is 12.4. The van der Waals surface area contributed by atoms with E-state index in [9.17, 15) is 18.4 Å². The van der Waals surface area contributed by atoms with Crippen molar-refractivity contribution in [2.45, 2.75) is 23.9 Å². The minimum atomic E-state index is -1.08. The molecule has 4 aromatic rings. The van der Waals surface area contributed by atoms with Gasteiger partial charge in [-0.25, -0.2) is 8.78 Å². The minimum absolute atomic E-state index is 0.0659. The molecular formula is C21H16F2N4O2S. The molecule has 1 unspecified atom stereocenters. The zero-order valence-corrected chi connectivity index (χ0v) is 16.7. The predicted molar refractivity (Wildman–Crippen MR) is 111 cm³/mol. The third kappa shape index (κ3) is 3.30. The van der Waals surface area contributed by atoms with Gasteiger partial charge >= 0.3 is 0 Å². The average molecular weight is 426 g/mol. The molecule has 6 nitrogen and oxygen atoms in total. The number of hydrogen-bond acceptors (Lipinski definition) is 5. The Hall–Kier alpha value is -3.33. The van der Waals surface area contributed by atoms with Crippen LogP contribution in [0.4, 0.5) is 8.78 Å². The fourth-order valence-corrected chi connectivity index (χ4v) is 4.13. The summed E-state index contributed by atoms with van der Waals surface area (Å²) in [5.74, 6) is -2.14. The lowest BCUT2D eigenvalue weighted by Crippen LogP contribution is -2.23. The number of thioether (sulfide) groups is 1. The van der Waals surface area contributed by atoms with Gasteiger partial charge in [-0.1, -0.05) is 30.0 Å². The Morgan fingerprint density at radius 1 is 1.20 bits per heavy atom. The van der Waals surface area contributed by atoms with Crippen LogP contribution in [0.3, 0.4) is 0 Å². The number of halogens is 2. The summed E-state index contributed by atoms with van der Waals surface area (Å²) in [6, 6.07) is 10.1. The van der Waals surface area contributed by atoms with Gasteiger partial charge in [-0.05, 0) is 37.3 Å². The quantitative estimate of drug-likeness (QED) is 0.266. The molecule has 0 saturated heterocycles. The minimum Gasteiger partial charge on any atom is -0.293 e. The van der Waals surface area contributed by atoms with Crippen molar-refractivity contribution in [1.82, 2.24) is 19.2 Å². The average Bonchev–Trinajstić information content (AvgIpc) is 3.16. The molecule has 0 saturated carbocycles. The molecule has 2 aromatic carbocycles. The van der Waals surface area contributed by atoms with Crippen LogP contribution in [0.1, 0.15) is 17.3 Å². The highest BCUT2D eigenvalue weighted by Gasteiger charge is 2.23. The van der Waals surface area contributed by atoms with E-state index in [-0.39, 0.29) is 23.5 Å². The molecule has 0 aliphatic carbocycles. The number of allylic oxidation sites excluding steroid dienone is 1. The van der Waals surface area contributed by atoms with Crippen molar-refractivity contribution in [3.63, 3.8) is 0 Å². The maximum absolute atomic E-state index is 13.5. The van der Waals surface area contributed by atoms with Crippen LogP contribution in [0.2, 0.25) is 0 Å². The van der Waals surface area contributed by atoms with E-state index in [2.05, 4.69) is 16.8 Å². The monoisotopic (exact) mass is 426 g/mol. The Bertz CT molecular complexity index is 1360. The Labute approximate surface area is 173 Å². The van der Waals surface area contributed by atoms with Crippen molar-refractivity contribution >= 4 is 34.2 Å². The summed E-state index contributed by atoms with van der Waals surface area (Å²) in [6.07, 6.45) is 1.59. The lowest BCUT2D eigenvalue weighted by Gasteiger charge is -2.12. The van der Waals surface area contributed by atoms with Crippen LogP contribution in [0.25, 0.3) is 16.7 Å². The highest BCUT2D eigenvalue weighted by molar-refractivity contribution is 8.00. The van der Waals surface area contributed by atoms with E-state index < -0.39 is 16.9 Å². The molecule has 1 atom stereocenters. The van der Waals surface area contributed by atoms with Crippen molar-refractivity contribution in [2.75, 3.05) is 0 Å². The molecule has 0 N–H and O–H groups in total. The van der Waals surface area contributed by atoms with Crippen molar-refractivity contribution in [3.05, 3.63) is 82.7 Å². The van der Waals surface area contributed by atoms with Crippen LogP contribution in [0.15, 0.2) is 65.1 Å². The summed E-state index contributed by atoms with van der Waals surface area (Å²) >= 11 is 1.12. The fourth-order valence-electron chi connectivity index (χ4n) is 3.20. The summed E-state index contributed by atoms with van der Waals surface area (Å²) in [7, 11) is 0. The van der Waals surface area contributed by atoms with Crippen LogP contribution in [0, 0.1) is 11.6 Å². The highest BCUT2D eigenvalue weighted by Crippen LogP contribution is 2.27. The second-order valence-corrected chi connectivity index (χ2v) is 7.90. The molecule has 2 aromatic heterocycles. The molecule has 4 rings (SSSR count). The number of Topliss-reactive ketones (excluding diaryl/α,β-unsaturated/α-hetero) is 1. The number of carbonyl (C=O) groups excluding carboxylic acids is 1. The summed E-state index contributed by atoms with van der Waals surface area (Å²) in [5, 5.41) is 8.55. The van der Waals surface area contributed by atoms with E-state index in [0.717, 1.165) is 23.9 Å². The highest BCUT2D eigenvalue weighted by atomic mass is 32.2. The van der Waals surface area contributed by atoms with Gasteiger partial charge in [-0.3, -0.25) is 18.6 Å². The number of fused-ring (bicyclic) bond motifs is 3. The number of rotatable bonds is 6. The number of para-hydroxylation sites is 1. The van der Waals surface area contributed by atoms with Crippen molar-refractivity contribution in [1.29, 1.82) is 0 Å². The first-order valence-electron chi connectivity index (χ1n) is 9.06. The number of hydrogen-bond donors (Lipinski definition) is 0. The fraction of sp³-hybridized carbons (Fsp3) is 0.143. The van der Waals surface area contributed by atoms with Gasteiger partial charge in [-0.15, -0.1) is 16.8 Å². The van der Waals surface area contributed by atoms with Gasteiger partial charge in [0.2, 0.25) is 5.78 Å². The molecule has 152 valence electrons. The van der Waals surface area contributed by atoms with Gasteiger partial charge in [-0.2, -0.15) is 0 Å². The van der Waals surface area contributed by atoms with Gasteiger partial charge in [0.1, 0.15) is 0 Å². The van der Waals surface area contributed by atoms with Crippen molar-refractivity contribution < 1.29 is 13.6 Å².